The van der Waals surface area contributed by atoms with Gasteiger partial charge < -0.3 is 5.11 Å². The normalized spacial score (nSPS) is 10.0. The summed E-state index contributed by atoms with van der Waals surface area (Å²) < 4.78 is 0. The predicted octanol–water partition coefficient (Wildman–Crippen LogP) is 2.53. The molecule has 0 atom stereocenters. The number of aliphatic hydroxyl groups is 1. The quantitative estimate of drug-likeness (QED) is 0.559. The van der Waals surface area contributed by atoms with E-state index in [4.69, 9.17) is 5.11 Å². The molecular weight excluding hydrogens is 136 g/mol. The maximum atomic E-state index is 8.91. The van der Waals surface area contributed by atoms with E-state index in [2.05, 4.69) is 13.2 Å². The fourth-order valence-corrected chi connectivity index (χ4v) is 1.03. The van der Waals surface area contributed by atoms with Crippen molar-refractivity contribution in [3.05, 3.63) is 25.3 Å². The maximum absolute atomic E-state index is 8.91. The van der Waals surface area contributed by atoms with Crippen LogP contribution in [0.3, 0.4) is 0 Å². The zero-order valence-electron chi connectivity index (χ0n) is 7.13. The first-order valence-electron chi connectivity index (χ1n) is 4.17. The molecule has 0 saturated carbocycles. The first-order chi connectivity index (χ1) is 5.35. The fraction of sp³-hybridized carbons (Fsp3) is 0.600. The molecule has 0 bridgehead atoms. The van der Waals surface area contributed by atoms with Crippen molar-refractivity contribution in [1.29, 1.82) is 0 Å². The summed E-state index contributed by atoms with van der Waals surface area (Å²) in [5.74, 6) is 0.436. The van der Waals surface area contributed by atoms with Gasteiger partial charge in [0.15, 0.2) is 0 Å². The molecule has 1 heteroatoms. The molecule has 0 unspecified atom stereocenters. The number of rotatable bonds is 7. The lowest BCUT2D eigenvalue weighted by Gasteiger charge is -2.10. The van der Waals surface area contributed by atoms with Crippen molar-refractivity contribution in [1.82, 2.24) is 0 Å². The summed E-state index contributed by atoms with van der Waals surface area (Å²) in [5, 5.41) is 8.91. The first-order valence-corrected chi connectivity index (χ1v) is 4.17. The number of allylic oxidation sites excluding steroid dienone is 2. The van der Waals surface area contributed by atoms with Crippen molar-refractivity contribution >= 4 is 0 Å². The van der Waals surface area contributed by atoms with Gasteiger partial charge in [0.25, 0.3) is 0 Å². The van der Waals surface area contributed by atoms with E-state index < -0.39 is 0 Å². The molecule has 0 heterocycles. The van der Waals surface area contributed by atoms with E-state index in [0.717, 1.165) is 25.7 Å². The van der Waals surface area contributed by atoms with E-state index in [0.29, 0.717) is 12.5 Å². The SMILES string of the molecule is C=CCCC(CO)CCC=C. The van der Waals surface area contributed by atoms with Crippen molar-refractivity contribution in [2.24, 2.45) is 5.92 Å². The van der Waals surface area contributed by atoms with Crippen molar-refractivity contribution in [2.75, 3.05) is 6.61 Å². The van der Waals surface area contributed by atoms with Crippen LogP contribution in [-0.2, 0) is 0 Å². The van der Waals surface area contributed by atoms with E-state index in [9.17, 15) is 0 Å². The van der Waals surface area contributed by atoms with E-state index in [-0.39, 0.29) is 0 Å². The Kier molecular flexibility index (Phi) is 7.16. The summed E-state index contributed by atoms with van der Waals surface area (Å²) in [7, 11) is 0. The smallest absolute Gasteiger partial charge is 0.0459 e. The Hall–Kier alpha value is -0.560. The summed E-state index contributed by atoms with van der Waals surface area (Å²) >= 11 is 0. The van der Waals surface area contributed by atoms with Gasteiger partial charge in [0.05, 0.1) is 0 Å². The molecule has 0 fully saturated rings. The van der Waals surface area contributed by atoms with E-state index in [1.54, 1.807) is 0 Å². The van der Waals surface area contributed by atoms with Crippen molar-refractivity contribution in [3.63, 3.8) is 0 Å². The van der Waals surface area contributed by atoms with Crippen molar-refractivity contribution in [3.8, 4) is 0 Å². The minimum atomic E-state index is 0.293. The van der Waals surface area contributed by atoms with Gasteiger partial charge in [0.1, 0.15) is 0 Å². The van der Waals surface area contributed by atoms with Gasteiger partial charge in [0.2, 0.25) is 0 Å². The van der Waals surface area contributed by atoms with Crippen LogP contribution in [0, 0.1) is 5.92 Å². The van der Waals surface area contributed by atoms with Gasteiger partial charge in [-0.15, -0.1) is 13.2 Å². The third kappa shape index (κ3) is 5.86. The molecule has 11 heavy (non-hydrogen) atoms. The van der Waals surface area contributed by atoms with Crippen LogP contribution in [0.1, 0.15) is 25.7 Å². The molecule has 0 aromatic heterocycles. The fourth-order valence-electron chi connectivity index (χ4n) is 1.03. The van der Waals surface area contributed by atoms with Crippen LogP contribution in [0.4, 0.5) is 0 Å². The van der Waals surface area contributed by atoms with Gasteiger partial charge >= 0.3 is 0 Å². The zero-order chi connectivity index (χ0) is 8.53. The Labute approximate surface area is 69.4 Å². The van der Waals surface area contributed by atoms with E-state index in [1.165, 1.54) is 0 Å². The second-order valence-electron chi connectivity index (χ2n) is 2.78. The molecule has 0 amide bonds. The third-order valence-electron chi connectivity index (χ3n) is 1.82. The molecule has 0 spiro atoms. The molecule has 0 aromatic rings. The van der Waals surface area contributed by atoms with Crippen molar-refractivity contribution < 1.29 is 5.11 Å². The van der Waals surface area contributed by atoms with Gasteiger partial charge in [-0.3, -0.25) is 0 Å². The van der Waals surface area contributed by atoms with Crippen LogP contribution in [0.2, 0.25) is 0 Å². The van der Waals surface area contributed by atoms with Crippen LogP contribution >= 0.6 is 0 Å². The summed E-state index contributed by atoms with van der Waals surface area (Å²) in [6.45, 7) is 7.58. The van der Waals surface area contributed by atoms with Gasteiger partial charge in [-0.1, -0.05) is 12.2 Å². The summed E-state index contributed by atoms with van der Waals surface area (Å²) in [5.41, 5.74) is 0. The number of aliphatic hydroxyl groups excluding tert-OH is 1. The average molecular weight is 154 g/mol. The second-order valence-corrected chi connectivity index (χ2v) is 2.78. The highest BCUT2D eigenvalue weighted by Gasteiger charge is 2.03. The summed E-state index contributed by atoms with van der Waals surface area (Å²) in [6.07, 6.45) is 7.90. The van der Waals surface area contributed by atoms with Gasteiger partial charge in [0, 0.05) is 6.61 Å². The molecule has 0 rings (SSSR count). The van der Waals surface area contributed by atoms with Gasteiger partial charge in [-0.05, 0) is 31.6 Å². The number of hydrogen-bond acceptors (Lipinski definition) is 1. The Bertz CT molecular complexity index is 95.4. The monoisotopic (exact) mass is 154 g/mol. The maximum Gasteiger partial charge on any atom is 0.0459 e. The highest BCUT2D eigenvalue weighted by Crippen LogP contribution is 2.12. The van der Waals surface area contributed by atoms with Crippen LogP contribution in [0.5, 0.6) is 0 Å². The summed E-state index contributed by atoms with van der Waals surface area (Å²) in [6, 6.07) is 0. The Balaban J connectivity index is 3.39. The largest absolute Gasteiger partial charge is 0.396 e. The zero-order valence-corrected chi connectivity index (χ0v) is 7.13. The lowest BCUT2D eigenvalue weighted by molar-refractivity contribution is 0.212. The molecule has 1 N–H and O–H groups in total. The molecule has 0 aliphatic rings. The Morgan fingerprint density at radius 1 is 1.09 bits per heavy atom. The standard InChI is InChI=1S/C10H18O/c1-3-5-7-10(9-11)8-6-4-2/h3-4,10-11H,1-2,5-9H2. The van der Waals surface area contributed by atoms with Crippen LogP contribution < -0.4 is 0 Å². The highest BCUT2D eigenvalue weighted by atomic mass is 16.3. The van der Waals surface area contributed by atoms with Crippen LogP contribution in [-0.4, -0.2) is 11.7 Å². The molecular formula is C10H18O. The minimum absolute atomic E-state index is 0.293. The predicted molar refractivity (Wildman–Crippen MR) is 49.4 cm³/mol. The van der Waals surface area contributed by atoms with Crippen LogP contribution in [0.15, 0.2) is 25.3 Å². The van der Waals surface area contributed by atoms with Crippen LogP contribution in [0.25, 0.3) is 0 Å². The third-order valence-corrected chi connectivity index (χ3v) is 1.82. The lowest BCUT2D eigenvalue weighted by Crippen LogP contribution is -2.04. The summed E-state index contributed by atoms with van der Waals surface area (Å²) in [4.78, 5) is 0. The first kappa shape index (κ1) is 10.4. The minimum Gasteiger partial charge on any atom is -0.396 e. The lowest BCUT2D eigenvalue weighted by atomic mass is 9.99. The second kappa shape index (κ2) is 7.55. The van der Waals surface area contributed by atoms with Gasteiger partial charge in [-0.2, -0.15) is 0 Å². The molecule has 64 valence electrons. The molecule has 1 nitrogen and oxygen atoms in total. The Morgan fingerprint density at radius 3 is 1.82 bits per heavy atom. The molecule has 0 aliphatic heterocycles. The molecule has 0 aromatic carbocycles. The number of hydrogen-bond donors (Lipinski definition) is 1. The van der Waals surface area contributed by atoms with Crippen molar-refractivity contribution in [2.45, 2.75) is 25.7 Å². The van der Waals surface area contributed by atoms with E-state index >= 15 is 0 Å². The molecule has 0 saturated heterocycles. The average Bonchev–Trinajstić information content (AvgIpc) is 2.05. The topological polar surface area (TPSA) is 20.2 Å². The van der Waals surface area contributed by atoms with E-state index in [1.807, 2.05) is 12.2 Å². The van der Waals surface area contributed by atoms with Gasteiger partial charge in [-0.25, -0.2) is 0 Å². The molecule has 0 radical (unpaired) electrons. The Morgan fingerprint density at radius 2 is 1.55 bits per heavy atom. The highest BCUT2D eigenvalue weighted by molar-refractivity contribution is 4.73. The molecule has 0 aliphatic carbocycles.